The summed E-state index contributed by atoms with van der Waals surface area (Å²) in [6.07, 6.45) is 1.60. The van der Waals surface area contributed by atoms with Gasteiger partial charge in [-0.3, -0.25) is 4.79 Å². The fraction of sp³-hybridized carbons (Fsp3) is 0.333. The van der Waals surface area contributed by atoms with Crippen LogP contribution < -0.4 is 18.9 Å². The first-order chi connectivity index (χ1) is 14.2. The molecule has 8 heteroatoms. The number of ether oxygens (including phenoxy) is 4. The normalized spacial score (nSPS) is 16.2. The molecule has 0 saturated carbocycles. The predicted molar refractivity (Wildman–Crippen MR) is 108 cm³/mol. The van der Waals surface area contributed by atoms with Gasteiger partial charge in [0, 0.05) is 37.6 Å². The van der Waals surface area contributed by atoms with Crippen LogP contribution in [0.25, 0.3) is 10.2 Å². The van der Waals surface area contributed by atoms with Crippen LogP contribution in [0.2, 0.25) is 0 Å². The van der Waals surface area contributed by atoms with E-state index in [0.717, 1.165) is 28.8 Å². The minimum atomic E-state index is 0.00818. The molecule has 1 saturated heterocycles. The number of likely N-dealkylation sites (tertiary alicyclic amines) is 1. The van der Waals surface area contributed by atoms with Gasteiger partial charge in [-0.15, -0.1) is 0 Å². The van der Waals surface area contributed by atoms with Crippen molar-refractivity contribution in [3.8, 4) is 22.4 Å². The molecule has 3 aromatic rings. The molecule has 2 aliphatic rings. The van der Waals surface area contributed by atoms with Crippen molar-refractivity contribution in [2.45, 2.75) is 18.9 Å². The van der Waals surface area contributed by atoms with Crippen LogP contribution in [0.4, 0.5) is 0 Å². The summed E-state index contributed by atoms with van der Waals surface area (Å²) in [5, 5.41) is 0.661. The van der Waals surface area contributed by atoms with Gasteiger partial charge in [0.05, 0.1) is 17.3 Å². The van der Waals surface area contributed by atoms with Gasteiger partial charge in [0.1, 0.15) is 11.9 Å². The Morgan fingerprint density at radius 2 is 1.97 bits per heavy atom. The Labute approximate surface area is 171 Å². The van der Waals surface area contributed by atoms with Gasteiger partial charge < -0.3 is 23.8 Å². The Hall–Kier alpha value is -3.00. The average molecular weight is 412 g/mol. The van der Waals surface area contributed by atoms with E-state index >= 15 is 0 Å². The highest BCUT2D eigenvalue weighted by Crippen LogP contribution is 2.34. The van der Waals surface area contributed by atoms with Crippen LogP contribution in [-0.4, -0.2) is 48.9 Å². The van der Waals surface area contributed by atoms with Crippen molar-refractivity contribution < 1.29 is 23.7 Å². The summed E-state index contributed by atoms with van der Waals surface area (Å²) in [4.78, 5) is 19.2. The molecular weight excluding hydrogens is 392 g/mol. The van der Waals surface area contributed by atoms with Crippen LogP contribution in [0.3, 0.4) is 0 Å². The Kier molecular flexibility index (Phi) is 4.63. The Bertz CT molecular complexity index is 1060. The van der Waals surface area contributed by atoms with Crippen LogP contribution in [0.1, 0.15) is 23.2 Å². The van der Waals surface area contributed by atoms with E-state index in [2.05, 4.69) is 4.98 Å². The molecule has 0 spiro atoms. The second kappa shape index (κ2) is 7.44. The molecule has 0 radical (unpaired) electrons. The van der Waals surface area contributed by atoms with Crippen molar-refractivity contribution in [2.24, 2.45) is 0 Å². The fourth-order valence-corrected chi connectivity index (χ4v) is 4.46. The molecular formula is C21H20N2O5S. The maximum absolute atomic E-state index is 12.8. The van der Waals surface area contributed by atoms with E-state index < -0.39 is 0 Å². The zero-order chi connectivity index (χ0) is 19.8. The lowest BCUT2D eigenvalue weighted by Crippen LogP contribution is -2.41. The van der Waals surface area contributed by atoms with Crippen molar-refractivity contribution in [2.75, 3.05) is 27.0 Å². The topological polar surface area (TPSA) is 70.1 Å². The average Bonchev–Trinajstić information content (AvgIpc) is 3.38. The number of amides is 1. The molecule has 3 heterocycles. The van der Waals surface area contributed by atoms with Crippen LogP contribution in [0.5, 0.6) is 22.4 Å². The molecule has 7 nitrogen and oxygen atoms in total. The zero-order valence-electron chi connectivity index (χ0n) is 15.9. The van der Waals surface area contributed by atoms with Crippen LogP contribution in [-0.2, 0) is 0 Å². The largest absolute Gasteiger partial charge is 0.497 e. The third-order valence-corrected chi connectivity index (χ3v) is 6.12. The monoisotopic (exact) mass is 412 g/mol. The predicted octanol–water partition coefficient (Wildman–Crippen LogP) is 3.72. The number of carbonyl (C=O) groups excluding carboxylic acids is 1. The third kappa shape index (κ3) is 3.55. The molecule has 5 rings (SSSR count). The lowest BCUT2D eigenvalue weighted by atomic mass is 10.1. The number of nitrogens with zero attached hydrogens (tertiary/aromatic N) is 2. The number of fused-ring (bicyclic) bond motifs is 2. The van der Waals surface area contributed by atoms with E-state index in [4.69, 9.17) is 18.9 Å². The fourth-order valence-electron chi connectivity index (χ4n) is 3.59. The Morgan fingerprint density at radius 3 is 2.79 bits per heavy atom. The summed E-state index contributed by atoms with van der Waals surface area (Å²) in [7, 11) is 1.64. The highest BCUT2D eigenvalue weighted by Gasteiger charge is 2.26. The number of thiazole rings is 1. The van der Waals surface area contributed by atoms with Gasteiger partial charge in [0.15, 0.2) is 11.5 Å². The lowest BCUT2D eigenvalue weighted by molar-refractivity contribution is 0.0595. The maximum atomic E-state index is 12.8. The highest BCUT2D eigenvalue weighted by molar-refractivity contribution is 7.20. The summed E-state index contributed by atoms with van der Waals surface area (Å²) in [6.45, 7) is 1.50. The van der Waals surface area contributed by atoms with Crippen molar-refractivity contribution in [1.29, 1.82) is 0 Å². The van der Waals surface area contributed by atoms with Crippen molar-refractivity contribution in [3.63, 3.8) is 0 Å². The number of hydrogen-bond acceptors (Lipinski definition) is 7. The Balaban J connectivity index is 1.21. The van der Waals surface area contributed by atoms with Gasteiger partial charge in [-0.25, -0.2) is 4.98 Å². The second-order valence-corrected chi connectivity index (χ2v) is 7.98. The van der Waals surface area contributed by atoms with Crippen molar-refractivity contribution in [3.05, 3.63) is 42.0 Å². The Morgan fingerprint density at radius 1 is 1.14 bits per heavy atom. The van der Waals surface area contributed by atoms with Crippen molar-refractivity contribution >= 4 is 27.5 Å². The van der Waals surface area contributed by atoms with Gasteiger partial charge in [0.25, 0.3) is 11.1 Å². The number of aromatic nitrogens is 1. The van der Waals surface area contributed by atoms with E-state index in [9.17, 15) is 4.79 Å². The smallest absolute Gasteiger partial charge is 0.274 e. The first-order valence-corrected chi connectivity index (χ1v) is 10.3. The standard InChI is InChI=1S/C21H20N2O5S/c1-25-15-3-5-19-16(11-15)22-21(29-19)28-14-6-8-23(9-7-14)20(24)13-2-4-17-18(10-13)27-12-26-17/h2-5,10-11,14H,6-9,12H2,1H3. The second-order valence-electron chi connectivity index (χ2n) is 6.99. The molecule has 0 unspecified atom stereocenters. The zero-order valence-corrected chi connectivity index (χ0v) is 16.7. The molecule has 0 bridgehead atoms. The molecule has 1 aromatic heterocycles. The van der Waals surface area contributed by atoms with Crippen LogP contribution >= 0.6 is 11.3 Å². The molecule has 29 heavy (non-hydrogen) atoms. The SMILES string of the molecule is COc1ccc2sc(OC3CCN(C(=O)c4ccc5c(c4)OCO5)CC3)nc2c1. The molecule has 2 aromatic carbocycles. The van der Waals surface area contributed by atoms with Crippen molar-refractivity contribution in [1.82, 2.24) is 9.88 Å². The number of piperidine rings is 1. The molecule has 2 aliphatic heterocycles. The lowest BCUT2D eigenvalue weighted by Gasteiger charge is -2.31. The van der Waals surface area contributed by atoms with E-state index in [1.807, 2.05) is 23.1 Å². The number of rotatable bonds is 4. The van der Waals surface area contributed by atoms with E-state index in [1.165, 1.54) is 11.3 Å². The first kappa shape index (κ1) is 18.1. The number of benzene rings is 2. The summed E-state index contributed by atoms with van der Waals surface area (Å²) < 4.78 is 23.1. The number of carbonyl (C=O) groups is 1. The van der Waals surface area contributed by atoms with Gasteiger partial charge in [0.2, 0.25) is 6.79 Å². The molecule has 0 N–H and O–H groups in total. The molecule has 0 atom stereocenters. The van der Waals surface area contributed by atoms with E-state index in [0.29, 0.717) is 35.3 Å². The van der Waals surface area contributed by atoms with Gasteiger partial charge in [-0.1, -0.05) is 11.3 Å². The summed E-state index contributed by atoms with van der Waals surface area (Å²) in [5.41, 5.74) is 1.49. The quantitative estimate of drug-likeness (QED) is 0.651. The summed E-state index contributed by atoms with van der Waals surface area (Å²) in [6, 6.07) is 11.1. The molecule has 150 valence electrons. The molecule has 1 amide bonds. The number of methoxy groups -OCH3 is 1. The van der Waals surface area contributed by atoms with E-state index in [1.54, 1.807) is 25.3 Å². The van der Waals surface area contributed by atoms with Gasteiger partial charge in [-0.2, -0.15) is 0 Å². The van der Waals surface area contributed by atoms with Crippen LogP contribution in [0, 0.1) is 0 Å². The summed E-state index contributed by atoms with van der Waals surface area (Å²) >= 11 is 1.53. The van der Waals surface area contributed by atoms with E-state index in [-0.39, 0.29) is 18.8 Å². The molecule has 1 fully saturated rings. The maximum Gasteiger partial charge on any atom is 0.274 e. The van der Waals surface area contributed by atoms with Gasteiger partial charge >= 0.3 is 0 Å². The summed E-state index contributed by atoms with van der Waals surface area (Å²) in [5.74, 6) is 2.10. The number of hydrogen-bond donors (Lipinski definition) is 0. The highest BCUT2D eigenvalue weighted by atomic mass is 32.1. The van der Waals surface area contributed by atoms with Crippen LogP contribution in [0.15, 0.2) is 36.4 Å². The minimum Gasteiger partial charge on any atom is -0.497 e. The molecule has 0 aliphatic carbocycles. The van der Waals surface area contributed by atoms with Gasteiger partial charge in [-0.05, 0) is 30.3 Å². The third-order valence-electron chi connectivity index (χ3n) is 5.19. The minimum absolute atomic E-state index is 0.00818. The first-order valence-electron chi connectivity index (χ1n) is 9.50.